The molecule has 4 heteroatoms. The molecule has 0 fully saturated rings. The van der Waals surface area contributed by atoms with Gasteiger partial charge in [-0.3, -0.25) is 0 Å². The SMILES string of the molecule is C=C[Si](C)(CCCN)O[Si](C)(C)C. The van der Waals surface area contributed by atoms with E-state index < -0.39 is 16.6 Å². The summed E-state index contributed by atoms with van der Waals surface area (Å²) in [5, 5.41) is 0. The average molecular weight is 217 g/mol. The van der Waals surface area contributed by atoms with E-state index in [2.05, 4.69) is 32.8 Å². The Morgan fingerprint density at radius 2 is 1.85 bits per heavy atom. The highest BCUT2D eigenvalue weighted by molar-refractivity contribution is 6.87. The van der Waals surface area contributed by atoms with Gasteiger partial charge in [0, 0.05) is 0 Å². The van der Waals surface area contributed by atoms with Gasteiger partial charge in [0.15, 0.2) is 8.32 Å². The van der Waals surface area contributed by atoms with Crippen molar-refractivity contribution in [3.63, 3.8) is 0 Å². The molecule has 1 unspecified atom stereocenters. The summed E-state index contributed by atoms with van der Waals surface area (Å²) >= 11 is 0. The predicted molar refractivity (Wildman–Crippen MR) is 64.7 cm³/mol. The van der Waals surface area contributed by atoms with Crippen LogP contribution in [0.4, 0.5) is 0 Å². The minimum Gasteiger partial charge on any atom is -0.453 e. The van der Waals surface area contributed by atoms with Crippen molar-refractivity contribution in [1.82, 2.24) is 0 Å². The van der Waals surface area contributed by atoms with Gasteiger partial charge >= 0.3 is 0 Å². The number of nitrogens with two attached hydrogens (primary N) is 1. The second kappa shape index (κ2) is 5.09. The van der Waals surface area contributed by atoms with Crippen LogP contribution in [0.15, 0.2) is 12.3 Å². The number of rotatable bonds is 6. The Hall–Kier alpha value is 0.0938. The largest absolute Gasteiger partial charge is 0.453 e. The first kappa shape index (κ1) is 13.1. The van der Waals surface area contributed by atoms with Crippen LogP contribution in [0.3, 0.4) is 0 Å². The molecule has 1 atom stereocenters. The lowest BCUT2D eigenvalue weighted by Crippen LogP contribution is -2.43. The lowest BCUT2D eigenvalue weighted by Gasteiger charge is -2.31. The fraction of sp³-hybridized carbons (Fsp3) is 0.778. The van der Waals surface area contributed by atoms with E-state index in [0.29, 0.717) is 0 Å². The van der Waals surface area contributed by atoms with Crippen LogP contribution in [0.1, 0.15) is 6.42 Å². The van der Waals surface area contributed by atoms with Crippen LogP contribution >= 0.6 is 0 Å². The van der Waals surface area contributed by atoms with E-state index >= 15 is 0 Å². The number of hydrogen-bond acceptors (Lipinski definition) is 2. The van der Waals surface area contributed by atoms with Crippen molar-refractivity contribution in [3.05, 3.63) is 12.3 Å². The molecule has 0 spiro atoms. The summed E-state index contributed by atoms with van der Waals surface area (Å²) in [5.74, 6) is 0. The summed E-state index contributed by atoms with van der Waals surface area (Å²) in [6.07, 6.45) is 1.05. The summed E-state index contributed by atoms with van der Waals surface area (Å²) in [7, 11) is -3.05. The molecule has 0 saturated heterocycles. The molecule has 2 N–H and O–H groups in total. The first-order chi connectivity index (χ1) is 5.83. The Bertz CT molecular complexity index is 167. The topological polar surface area (TPSA) is 35.2 Å². The van der Waals surface area contributed by atoms with Crippen LogP contribution in [-0.2, 0) is 4.12 Å². The Labute approximate surface area is 84.4 Å². The molecule has 0 aromatic rings. The third-order valence-electron chi connectivity index (χ3n) is 1.85. The van der Waals surface area contributed by atoms with E-state index in [4.69, 9.17) is 9.85 Å². The molecule has 0 radical (unpaired) electrons. The Morgan fingerprint density at radius 3 is 2.15 bits per heavy atom. The fourth-order valence-electron chi connectivity index (χ4n) is 1.35. The zero-order valence-electron chi connectivity index (χ0n) is 9.39. The van der Waals surface area contributed by atoms with E-state index in [1.165, 1.54) is 0 Å². The van der Waals surface area contributed by atoms with Crippen LogP contribution in [0.2, 0.25) is 32.2 Å². The minimum absolute atomic E-state index is 0.755. The van der Waals surface area contributed by atoms with Gasteiger partial charge in [0.25, 0.3) is 0 Å². The summed E-state index contributed by atoms with van der Waals surface area (Å²) in [5.41, 5.74) is 7.54. The summed E-state index contributed by atoms with van der Waals surface area (Å²) in [6.45, 7) is 13.6. The molecule has 2 nitrogen and oxygen atoms in total. The smallest absolute Gasteiger partial charge is 0.201 e. The highest BCUT2D eigenvalue weighted by Crippen LogP contribution is 2.20. The second-order valence-electron chi connectivity index (χ2n) is 4.62. The Morgan fingerprint density at radius 1 is 1.31 bits per heavy atom. The van der Waals surface area contributed by atoms with Crippen molar-refractivity contribution in [2.24, 2.45) is 5.73 Å². The van der Waals surface area contributed by atoms with E-state index in [-0.39, 0.29) is 0 Å². The molecule has 0 saturated carbocycles. The second-order valence-corrected chi connectivity index (χ2v) is 13.2. The van der Waals surface area contributed by atoms with Crippen molar-refractivity contribution < 1.29 is 4.12 Å². The number of hydrogen-bond donors (Lipinski definition) is 1. The molecule has 0 aliphatic heterocycles. The average Bonchev–Trinajstić information content (AvgIpc) is 1.98. The zero-order chi connectivity index (χ0) is 10.5. The van der Waals surface area contributed by atoms with Gasteiger partial charge in [-0.2, -0.15) is 0 Å². The summed E-state index contributed by atoms with van der Waals surface area (Å²) < 4.78 is 6.18. The van der Waals surface area contributed by atoms with Crippen LogP contribution in [0, 0.1) is 0 Å². The van der Waals surface area contributed by atoms with Crippen molar-refractivity contribution in [2.75, 3.05) is 6.54 Å². The van der Waals surface area contributed by atoms with E-state index in [1.807, 2.05) is 5.70 Å². The Kier molecular flexibility index (Phi) is 5.13. The highest BCUT2D eigenvalue weighted by atomic mass is 28.4. The van der Waals surface area contributed by atoms with Crippen LogP contribution in [0.5, 0.6) is 0 Å². The third-order valence-corrected chi connectivity index (χ3v) is 8.37. The highest BCUT2D eigenvalue weighted by Gasteiger charge is 2.30. The van der Waals surface area contributed by atoms with Crippen LogP contribution < -0.4 is 5.73 Å². The van der Waals surface area contributed by atoms with Gasteiger partial charge in [-0.1, -0.05) is 5.70 Å². The molecule has 0 aliphatic carbocycles. The van der Waals surface area contributed by atoms with E-state index in [9.17, 15) is 0 Å². The van der Waals surface area contributed by atoms with Gasteiger partial charge in [-0.25, -0.2) is 0 Å². The lowest BCUT2D eigenvalue weighted by atomic mass is 10.5. The van der Waals surface area contributed by atoms with Crippen LogP contribution in [0.25, 0.3) is 0 Å². The Balaban J connectivity index is 4.19. The minimum atomic E-state index is -1.63. The molecule has 0 aromatic carbocycles. The van der Waals surface area contributed by atoms with Gasteiger partial charge in [0.1, 0.15) is 0 Å². The lowest BCUT2D eigenvalue weighted by molar-refractivity contribution is 0.550. The standard InChI is InChI=1S/C9H23NOSi2/c1-6-13(5,9-7-8-10)11-12(2,3)4/h6H,1,7-10H2,2-5H3. The van der Waals surface area contributed by atoms with Crippen molar-refractivity contribution in [1.29, 1.82) is 0 Å². The quantitative estimate of drug-likeness (QED) is 0.694. The third kappa shape index (κ3) is 6.20. The summed E-state index contributed by atoms with van der Waals surface area (Å²) in [6, 6.07) is 1.11. The predicted octanol–water partition coefficient (Wildman–Crippen LogP) is 2.49. The molecule has 0 heterocycles. The van der Waals surface area contributed by atoms with Gasteiger partial charge in [0.2, 0.25) is 8.32 Å². The van der Waals surface area contributed by atoms with Gasteiger partial charge < -0.3 is 9.85 Å². The zero-order valence-corrected chi connectivity index (χ0v) is 11.4. The van der Waals surface area contributed by atoms with Gasteiger partial charge in [0.05, 0.1) is 0 Å². The van der Waals surface area contributed by atoms with Crippen molar-refractivity contribution >= 4 is 16.6 Å². The molecule has 0 rings (SSSR count). The molecule has 0 aromatic heterocycles. The van der Waals surface area contributed by atoms with Gasteiger partial charge in [-0.05, 0) is 45.2 Å². The maximum absolute atomic E-state index is 6.18. The van der Waals surface area contributed by atoms with E-state index in [0.717, 1.165) is 19.0 Å². The van der Waals surface area contributed by atoms with Crippen LogP contribution in [-0.4, -0.2) is 23.2 Å². The molecular formula is C9H23NOSi2. The van der Waals surface area contributed by atoms with Crippen molar-refractivity contribution in [3.8, 4) is 0 Å². The monoisotopic (exact) mass is 217 g/mol. The first-order valence-electron chi connectivity index (χ1n) is 4.87. The first-order valence-corrected chi connectivity index (χ1v) is 11.0. The summed E-state index contributed by atoms with van der Waals surface area (Å²) in [4.78, 5) is 0. The molecule has 78 valence electrons. The van der Waals surface area contributed by atoms with Gasteiger partial charge in [-0.15, -0.1) is 6.58 Å². The molecule has 0 aliphatic rings. The molecule has 13 heavy (non-hydrogen) atoms. The van der Waals surface area contributed by atoms with E-state index in [1.54, 1.807) is 0 Å². The normalized spacial score (nSPS) is 16.7. The van der Waals surface area contributed by atoms with Crippen molar-refractivity contribution in [2.45, 2.75) is 38.7 Å². The molecule has 0 bridgehead atoms. The molecule has 0 amide bonds. The fourth-order valence-corrected chi connectivity index (χ4v) is 8.79. The maximum atomic E-state index is 6.18. The maximum Gasteiger partial charge on any atom is 0.201 e. The molecular weight excluding hydrogens is 194 g/mol.